The highest BCUT2D eigenvalue weighted by atomic mass is 28.3. The third kappa shape index (κ3) is 2.08. The monoisotopic (exact) mass is 296 g/mol. The molecule has 0 heterocycles. The molecule has 2 fully saturated rings. The van der Waals surface area contributed by atoms with Crippen molar-refractivity contribution in [1.82, 2.24) is 0 Å². The third-order valence-corrected chi connectivity index (χ3v) is 12.2. The van der Waals surface area contributed by atoms with E-state index in [-0.39, 0.29) is 0 Å². The number of allylic oxidation sites excluding steroid dienone is 8. The van der Waals surface area contributed by atoms with E-state index >= 15 is 0 Å². The van der Waals surface area contributed by atoms with Gasteiger partial charge in [-0.1, -0.05) is 87.4 Å². The maximum Gasteiger partial charge on any atom is 0.0548 e. The highest BCUT2D eigenvalue weighted by Crippen LogP contribution is 2.61. The van der Waals surface area contributed by atoms with E-state index < -0.39 is 8.07 Å². The molecule has 0 aromatic carbocycles. The summed E-state index contributed by atoms with van der Waals surface area (Å²) in [6, 6.07) is 0. The summed E-state index contributed by atoms with van der Waals surface area (Å²) in [6.45, 7) is 5.43. The Hall–Kier alpha value is -0.823. The minimum absolute atomic E-state index is 0.763. The molecular formula is C20H28Si. The van der Waals surface area contributed by atoms with Crippen LogP contribution in [0, 0.1) is 23.7 Å². The van der Waals surface area contributed by atoms with Crippen LogP contribution in [0.25, 0.3) is 0 Å². The molecule has 0 aromatic heterocycles. The van der Waals surface area contributed by atoms with Gasteiger partial charge in [0.15, 0.2) is 0 Å². The summed E-state index contributed by atoms with van der Waals surface area (Å²) in [5.41, 5.74) is 2.01. The van der Waals surface area contributed by atoms with Gasteiger partial charge in [0.25, 0.3) is 0 Å². The van der Waals surface area contributed by atoms with E-state index in [0.717, 1.165) is 34.8 Å². The first-order valence-electron chi connectivity index (χ1n) is 8.89. The molecular weight excluding hydrogens is 268 g/mol. The van der Waals surface area contributed by atoms with Gasteiger partial charge in [0.1, 0.15) is 0 Å². The van der Waals surface area contributed by atoms with Crippen LogP contribution in [0.4, 0.5) is 0 Å². The maximum absolute atomic E-state index is 2.71. The first kappa shape index (κ1) is 13.8. The summed E-state index contributed by atoms with van der Waals surface area (Å²) in [5, 5.41) is 0. The SMILES string of the molecule is C[Si](C)(C1CCCC1)C1C2C=CC=CC2C2C=CC=CC21. The molecule has 4 unspecified atom stereocenters. The van der Waals surface area contributed by atoms with E-state index in [1.165, 1.54) is 25.7 Å². The lowest BCUT2D eigenvalue weighted by atomic mass is 9.83. The zero-order valence-electron chi connectivity index (χ0n) is 13.4. The van der Waals surface area contributed by atoms with Crippen LogP contribution in [0.3, 0.4) is 0 Å². The second-order valence-electron chi connectivity index (χ2n) is 8.18. The average Bonchev–Trinajstić information content (AvgIpc) is 3.14. The smallest absolute Gasteiger partial charge is 0.0548 e. The Bertz CT molecular complexity index is 482. The molecule has 21 heavy (non-hydrogen) atoms. The van der Waals surface area contributed by atoms with Crippen LogP contribution in [0.2, 0.25) is 24.2 Å². The Kier molecular flexibility index (Phi) is 3.37. The highest BCUT2D eigenvalue weighted by molar-refractivity contribution is 6.80. The van der Waals surface area contributed by atoms with E-state index in [4.69, 9.17) is 0 Å². The van der Waals surface area contributed by atoms with Crippen molar-refractivity contribution in [3.8, 4) is 0 Å². The molecule has 2 saturated carbocycles. The van der Waals surface area contributed by atoms with Gasteiger partial charge in [0, 0.05) is 0 Å². The molecule has 0 radical (unpaired) electrons. The topological polar surface area (TPSA) is 0 Å². The van der Waals surface area contributed by atoms with Gasteiger partial charge >= 0.3 is 0 Å². The van der Waals surface area contributed by atoms with Crippen LogP contribution in [0.15, 0.2) is 48.6 Å². The Labute approximate surface area is 130 Å². The van der Waals surface area contributed by atoms with Gasteiger partial charge in [-0.25, -0.2) is 0 Å². The molecule has 0 spiro atoms. The van der Waals surface area contributed by atoms with Crippen molar-refractivity contribution < 1.29 is 0 Å². The van der Waals surface area contributed by atoms with Gasteiger partial charge in [-0.2, -0.15) is 0 Å². The molecule has 0 aliphatic heterocycles. The zero-order valence-corrected chi connectivity index (χ0v) is 14.4. The predicted molar refractivity (Wildman–Crippen MR) is 94.0 cm³/mol. The molecule has 112 valence electrons. The van der Waals surface area contributed by atoms with Crippen molar-refractivity contribution in [1.29, 1.82) is 0 Å². The molecule has 4 aliphatic carbocycles. The van der Waals surface area contributed by atoms with Gasteiger partial charge in [0.05, 0.1) is 8.07 Å². The Morgan fingerprint density at radius 1 is 0.667 bits per heavy atom. The normalized spacial score (nSPS) is 41.5. The first-order valence-corrected chi connectivity index (χ1v) is 12.0. The first-order chi connectivity index (χ1) is 10.2. The lowest BCUT2D eigenvalue weighted by Gasteiger charge is -2.42. The number of hydrogen-bond donors (Lipinski definition) is 0. The summed E-state index contributed by atoms with van der Waals surface area (Å²) < 4.78 is 0. The van der Waals surface area contributed by atoms with Gasteiger partial charge in [-0.15, -0.1) is 0 Å². The second kappa shape index (κ2) is 5.12. The maximum atomic E-state index is 2.71. The Morgan fingerprint density at radius 2 is 1.10 bits per heavy atom. The Balaban J connectivity index is 1.72. The van der Waals surface area contributed by atoms with Crippen molar-refractivity contribution in [3.63, 3.8) is 0 Å². The summed E-state index contributed by atoms with van der Waals surface area (Å²) in [6.07, 6.45) is 25.3. The number of fused-ring (bicyclic) bond motifs is 3. The molecule has 0 N–H and O–H groups in total. The van der Waals surface area contributed by atoms with E-state index in [1.54, 1.807) is 0 Å². The molecule has 4 aliphatic rings. The molecule has 0 saturated heterocycles. The molecule has 4 rings (SSSR count). The standard InChI is InChI=1S/C20H28Si/c1-21(2,15-9-3-4-10-15)20-18-13-7-5-11-16(18)17-12-6-8-14-19(17)20/h5-8,11-20H,3-4,9-10H2,1-2H3. The quantitative estimate of drug-likeness (QED) is 0.570. The van der Waals surface area contributed by atoms with E-state index in [1.807, 2.05) is 0 Å². The van der Waals surface area contributed by atoms with Crippen LogP contribution >= 0.6 is 0 Å². The minimum Gasteiger partial charge on any atom is -0.0808 e. The zero-order chi connectivity index (χ0) is 14.4. The fraction of sp³-hybridized carbons (Fsp3) is 0.600. The van der Waals surface area contributed by atoms with Gasteiger partial charge in [-0.05, 0) is 34.8 Å². The molecule has 1 heteroatoms. The van der Waals surface area contributed by atoms with Crippen LogP contribution in [-0.4, -0.2) is 8.07 Å². The fourth-order valence-electron chi connectivity index (χ4n) is 5.96. The van der Waals surface area contributed by atoms with Crippen molar-refractivity contribution >= 4 is 8.07 Å². The number of hydrogen-bond acceptors (Lipinski definition) is 0. The molecule has 0 nitrogen and oxygen atoms in total. The molecule has 0 amide bonds. The van der Waals surface area contributed by atoms with Crippen LogP contribution < -0.4 is 0 Å². The van der Waals surface area contributed by atoms with Gasteiger partial charge in [0.2, 0.25) is 0 Å². The second-order valence-corrected chi connectivity index (χ2v) is 13.3. The van der Waals surface area contributed by atoms with Crippen LogP contribution in [0.5, 0.6) is 0 Å². The summed E-state index contributed by atoms with van der Waals surface area (Å²) in [7, 11) is -1.22. The van der Waals surface area contributed by atoms with Crippen LogP contribution in [-0.2, 0) is 0 Å². The van der Waals surface area contributed by atoms with E-state index in [0.29, 0.717) is 0 Å². The van der Waals surface area contributed by atoms with Gasteiger partial charge < -0.3 is 0 Å². The summed E-state index contributed by atoms with van der Waals surface area (Å²) >= 11 is 0. The molecule has 0 aromatic rings. The lowest BCUT2D eigenvalue weighted by molar-refractivity contribution is 0.461. The van der Waals surface area contributed by atoms with Crippen molar-refractivity contribution in [2.45, 2.75) is 49.9 Å². The summed E-state index contributed by atoms with van der Waals surface area (Å²) in [5.74, 6) is 3.14. The van der Waals surface area contributed by atoms with E-state index in [9.17, 15) is 0 Å². The number of rotatable bonds is 2. The van der Waals surface area contributed by atoms with Gasteiger partial charge in [-0.3, -0.25) is 0 Å². The lowest BCUT2D eigenvalue weighted by Crippen LogP contribution is -2.42. The predicted octanol–water partition coefficient (Wildman–Crippen LogP) is 5.74. The molecule has 0 bridgehead atoms. The largest absolute Gasteiger partial charge is 0.0808 e. The molecule has 4 atom stereocenters. The Morgan fingerprint density at radius 3 is 1.57 bits per heavy atom. The highest BCUT2D eigenvalue weighted by Gasteiger charge is 2.55. The van der Waals surface area contributed by atoms with Crippen molar-refractivity contribution in [2.24, 2.45) is 23.7 Å². The van der Waals surface area contributed by atoms with Crippen LogP contribution in [0.1, 0.15) is 25.7 Å². The fourth-order valence-corrected chi connectivity index (χ4v) is 11.1. The minimum atomic E-state index is -1.22. The van der Waals surface area contributed by atoms with Crippen molar-refractivity contribution in [2.75, 3.05) is 0 Å². The summed E-state index contributed by atoms with van der Waals surface area (Å²) in [4.78, 5) is 0. The van der Waals surface area contributed by atoms with Crippen molar-refractivity contribution in [3.05, 3.63) is 48.6 Å². The third-order valence-electron chi connectivity index (χ3n) is 6.98. The van der Waals surface area contributed by atoms with E-state index in [2.05, 4.69) is 61.7 Å². The average molecular weight is 297 g/mol.